The number of anilines is 3. The molecule has 0 aliphatic rings. The SMILES string of the molecule is Cc1cc(Br)ccc1NC(=O)c1ccc(Nc2ccccc2)nc1. The number of nitrogens with one attached hydrogen (secondary N) is 2. The van der Waals surface area contributed by atoms with Crippen molar-refractivity contribution in [2.75, 3.05) is 10.6 Å². The maximum Gasteiger partial charge on any atom is 0.257 e. The van der Waals surface area contributed by atoms with Gasteiger partial charge in [-0.1, -0.05) is 34.1 Å². The molecule has 3 rings (SSSR count). The minimum Gasteiger partial charge on any atom is -0.340 e. The lowest BCUT2D eigenvalue weighted by molar-refractivity contribution is 0.102. The molecule has 0 atom stereocenters. The minimum atomic E-state index is -0.181. The number of amides is 1. The summed E-state index contributed by atoms with van der Waals surface area (Å²) in [6.07, 6.45) is 1.56. The van der Waals surface area contributed by atoms with Gasteiger partial charge in [0.2, 0.25) is 0 Å². The smallest absolute Gasteiger partial charge is 0.257 e. The quantitative estimate of drug-likeness (QED) is 0.656. The number of pyridine rings is 1. The van der Waals surface area contributed by atoms with Gasteiger partial charge in [-0.3, -0.25) is 4.79 Å². The fourth-order valence-corrected chi connectivity index (χ4v) is 2.71. The van der Waals surface area contributed by atoms with E-state index in [1.54, 1.807) is 18.3 Å². The van der Waals surface area contributed by atoms with Crippen LogP contribution in [0.5, 0.6) is 0 Å². The van der Waals surface area contributed by atoms with E-state index in [-0.39, 0.29) is 5.91 Å². The van der Waals surface area contributed by atoms with E-state index in [0.29, 0.717) is 11.4 Å². The second kappa shape index (κ2) is 7.27. The Morgan fingerprint density at radius 2 is 1.83 bits per heavy atom. The molecule has 24 heavy (non-hydrogen) atoms. The zero-order valence-corrected chi connectivity index (χ0v) is 14.7. The molecule has 0 unspecified atom stereocenters. The first-order valence-corrected chi connectivity index (χ1v) is 8.27. The summed E-state index contributed by atoms with van der Waals surface area (Å²) in [5, 5.41) is 6.09. The van der Waals surface area contributed by atoms with E-state index in [9.17, 15) is 4.79 Å². The van der Waals surface area contributed by atoms with Gasteiger partial charge in [0.25, 0.3) is 5.91 Å². The van der Waals surface area contributed by atoms with Crippen LogP contribution in [0.4, 0.5) is 17.2 Å². The summed E-state index contributed by atoms with van der Waals surface area (Å²) in [4.78, 5) is 16.6. The van der Waals surface area contributed by atoms with Crippen molar-refractivity contribution in [2.45, 2.75) is 6.92 Å². The zero-order valence-electron chi connectivity index (χ0n) is 13.1. The molecule has 1 amide bonds. The van der Waals surface area contributed by atoms with Crippen molar-refractivity contribution in [3.63, 3.8) is 0 Å². The third-order valence-corrected chi connectivity index (χ3v) is 4.00. The predicted molar refractivity (Wildman–Crippen MR) is 101 cm³/mol. The molecule has 0 fully saturated rings. The number of aromatic nitrogens is 1. The van der Waals surface area contributed by atoms with E-state index >= 15 is 0 Å². The Labute approximate surface area is 149 Å². The van der Waals surface area contributed by atoms with Crippen LogP contribution in [0.1, 0.15) is 15.9 Å². The van der Waals surface area contributed by atoms with Gasteiger partial charge in [-0.25, -0.2) is 4.98 Å². The molecule has 0 aliphatic carbocycles. The maximum atomic E-state index is 12.3. The van der Waals surface area contributed by atoms with Gasteiger partial charge in [0.1, 0.15) is 5.82 Å². The summed E-state index contributed by atoms with van der Waals surface area (Å²) in [5.41, 5.74) is 3.24. The number of hydrogen-bond donors (Lipinski definition) is 2. The van der Waals surface area contributed by atoms with Crippen LogP contribution in [0, 0.1) is 6.92 Å². The number of benzene rings is 2. The van der Waals surface area contributed by atoms with Gasteiger partial charge < -0.3 is 10.6 Å². The highest BCUT2D eigenvalue weighted by Crippen LogP contribution is 2.21. The molecule has 1 aromatic heterocycles. The number of carbonyl (C=O) groups is 1. The Morgan fingerprint density at radius 1 is 1.04 bits per heavy atom. The van der Waals surface area contributed by atoms with Crippen LogP contribution in [0.15, 0.2) is 71.3 Å². The molecular weight excluding hydrogens is 366 g/mol. The van der Waals surface area contributed by atoms with Crippen molar-refractivity contribution in [1.82, 2.24) is 4.98 Å². The van der Waals surface area contributed by atoms with Gasteiger partial charge in [0, 0.05) is 22.0 Å². The molecule has 0 spiro atoms. The van der Waals surface area contributed by atoms with Crippen LogP contribution in [-0.2, 0) is 0 Å². The number of rotatable bonds is 4. The zero-order chi connectivity index (χ0) is 16.9. The van der Waals surface area contributed by atoms with Crippen LogP contribution < -0.4 is 10.6 Å². The molecule has 0 saturated heterocycles. The Kier molecular flexibility index (Phi) is 4.91. The van der Waals surface area contributed by atoms with Crippen molar-refractivity contribution >= 4 is 39.0 Å². The molecule has 0 bridgehead atoms. The van der Waals surface area contributed by atoms with Gasteiger partial charge in [0.15, 0.2) is 0 Å². The van der Waals surface area contributed by atoms with Crippen molar-refractivity contribution in [2.24, 2.45) is 0 Å². The molecule has 0 radical (unpaired) electrons. The van der Waals surface area contributed by atoms with Gasteiger partial charge in [-0.2, -0.15) is 0 Å². The molecule has 0 aliphatic heterocycles. The summed E-state index contributed by atoms with van der Waals surface area (Å²) >= 11 is 3.41. The largest absolute Gasteiger partial charge is 0.340 e. The van der Waals surface area contributed by atoms with Crippen LogP contribution in [-0.4, -0.2) is 10.9 Å². The monoisotopic (exact) mass is 381 g/mol. The summed E-state index contributed by atoms with van der Waals surface area (Å²) in [5.74, 6) is 0.511. The Bertz CT molecular complexity index is 848. The van der Waals surface area contributed by atoms with E-state index in [1.807, 2.05) is 55.5 Å². The van der Waals surface area contributed by atoms with Gasteiger partial charge in [-0.05, 0) is 55.0 Å². The lowest BCUT2D eigenvalue weighted by Crippen LogP contribution is -2.13. The van der Waals surface area contributed by atoms with Crippen molar-refractivity contribution in [1.29, 1.82) is 0 Å². The summed E-state index contributed by atoms with van der Waals surface area (Å²) in [7, 11) is 0. The first-order valence-electron chi connectivity index (χ1n) is 7.47. The second-order valence-electron chi connectivity index (χ2n) is 5.34. The topological polar surface area (TPSA) is 54.0 Å². The third kappa shape index (κ3) is 4.00. The predicted octanol–water partition coefficient (Wildman–Crippen LogP) is 5.15. The van der Waals surface area contributed by atoms with E-state index in [4.69, 9.17) is 0 Å². The number of para-hydroxylation sites is 1. The molecular formula is C19H16BrN3O. The summed E-state index contributed by atoms with van der Waals surface area (Å²) in [6.45, 7) is 1.95. The lowest BCUT2D eigenvalue weighted by Gasteiger charge is -2.09. The lowest BCUT2D eigenvalue weighted by atomic mass is 10.2. The first-order chi connectivity index (χ1) is 11.6. The second-order valence-corrected chi connectivity index (χ2v) is 6.25. The van der Waals surface area contributed by atoms with E-state index < -0.39 is 0 Å². The van der Waals surface area contributed by atoms with Gasteiger partial charge in [-0.15, -0.1) is 0 Å². The number of halogens is 1. The van der Waals surface area contributed by atoms with Crippen LogP contribution in [0.3, 0.4) is 0 Å². The number of hydrogen-bond acceptors (Lipinski definition) is 3. The van der Waals surface area contributed by atoms with E-state index in [2.05, 4.69) is 31.5 Å². The standard InChI is InChI=1S/C19H16BrN3O/c1-13-11-15(20)8-9-17(13)23-19(24)14-7-10-18(21-12-14)22-16-5-3-2-4-6-16/h2-12H,1H3,(H,21,22)(H,23,24). The summed E-state index contributed by atoms with van der Waals surface area (Å²) in [6, 6.07) is 19.0. The van der Waals surface area contributed by atoms with Crippen LogP contribution in [0.25, 0.3) is 0 Å². The molecule has 2 N–H and O–H groups in total. The molecule has 5 heteroatoms. The first kappa shape index (κ1) is 16.2. The third-order valence-electron chi connectivity index (χ3n) is 3.51. The van der Waals surface area contributed by atoms with Gasteiger partial charge >= 0.3 is 0 Å². The molecule has 0 saturated carbocycles. The fraction of sp³-hybridized carbons (Fsp3) is 0.0526. The number of nitrogens with zero attached hydrogens (tertiary/aromatic N) is 1. The molecule has 2 aromatic carbocycles. The number of aryl methyl sites for hydroxylation is 1. The van der Waals surface area contributed by atoms with Crippen LogP contribution in [0.2, 0.25) is 0 Å². The molecule has 3 aromatic rings. The Hall–Kier alpha value is -2.66. The van der Waals surface area contributed by atoms with E-state index in [1.165, 1.54) is 0 Å². The Morgan fingerprint density at radius 3 is 2.50 bits per heavy atom. The molecule has 1 heterocycles. The highest BCUT2D eigenvalue weighted by molar-refractivity contribution is 9.10. The van der Waals surface area contributed by atoms with Crippen LogP contribution >= 0.6 is 15.9 Å². The summed E-state index contributed by atoms with van der Waals surface area (Å²) < 4.78 is 0.982. The average molecular weight is 382 g/mol. The highest BCUT2D eigenvalue weighted by Gasteiger charge is 2.08. The van der Waals surface area contributed by atoms with Crippen molar-refractivity contribution in [3.8, 4) is 0 Å². The normalized spacial score (nSPS) is 10.2. The van der Waals surface area contributed by atoms with Crippen molar-refractivity contribution < 1.29 is 4.79 Å². The average Bonchev–Trinajstić information content (AvgIpc) is 2.59. The molecule has 4 nitrogen and oxygen atoms in total. The van der Waals surface area contributed by atoms with Gasteiger partial charge in [0.05, 0.1) is 5.56 Å². The fourth-order valence-electron chi connectivity index (χ4n) is 2.23. The molecule has 120 valence electrons. The Balaban J connectivity index is 1.69. The maximum absolute atomic E-state index is 12.3. The minimum absolute atomic E-state index is 0.181. The van der Waals surface area contributed by atoms with E-state index in [0.717, 1.165) is 21.4 Å². The highest BCUT2D eigenvalue weighted by atomic mass is 79.9. The number of carbonyl (C=O) groups excluding carboxylic acids is 1. The van der Waals surface area contributed by atoms with Crippen molar-refractivity contribution in [3.05, 3.63) is 82.5 Å².